The second-order valence-corrected chi connectivity index (χ2v) is 4.65. The van der Waals surface area contributed by atoms with Crippen molar-refractivity contribution < 1.29 is 14.3 Å². The molecule has 3 rings (SSSR count). The monoisotopic (exact) mass is 311 g/mol. The van der Waals surface area contributed by atoms with Crippen LogP contribution in [0.25, 0.3) is 22.7 Å². The van der Waals surface area contributed by atoms with Gasteiger partial charge in [0.15, 0.2) is 0 Å². The van der Waals surface area contributed by atoms with E-state index >= 15 is 0 Å². The number of oxazole rings is 1. The number of nitro benzene ring substituents is 2. The molecule has 114 valence electrons. The topological polar surface area (TPSA) is 112 Å². The summed E-state index contributed by atoms with van der Waals surface area (Å²) < 4.78 is 5.37. The summed E-state index contributed by atoms with van der Waals surface area (Å²) >= 11 is 0. The number of nitro groups is 2. The van der Waals surface area contributed by atoms with Crippen LogP contribution in [-0.4, -0.2) is 14.8 Å². The minimum Gasteiger partial charge on any atom is -0.444 e. The summed E-state index contributed by atoms with van der Waals surface area (Å²) in [6.45, 7) is 0. The zero-order valence-electron chi connectivity index (χ0n) is 11.6. The molecule has 0 atom stereocenters. The van der Waals surface area contributed by atoms with E-state index in [1.54, 1.807) is 24.3 Å². The Morgan fingerprint density at radius 1 is 0.783 bits per heavy atom. The lowest BCUT2D eigenvalue weighted by molar-refractivity contribution is -0.385. The molecule has 0 N–H and O–H groups in total. The number of benzene rings is 2. The Morgan fingerprint density at radius 2 is 1.26 bits per heavy atom. The van der Waals surface area contributed by atoms with Gasteiger partial charge < -0.3 is 4.42 Å². The minimum atomic E-state index is -0.484. The molecular weight excluding hydrogens is 302 g/mol. The molecule has 23 heavy (non-hydrogen) atoms. The van der Waals surface area contributed by atoms with Crippen molar-refractivity contribution in [2.45, 2.75) is 0 Å². The maximum atomic E-state index is 10.6. The Balaban J connectivity index is 1.87. The standard InChI is InChI=1S/C15H9N3O5/c19-17(20)12-5-1-10(2-6-12)14-9-23-15(16-14)11-3-7-13(8-4-11)18(21)22/h1-9H. The van der Waals surface area contributed by atoms with E-state index in [9.17, 15) is 20.2 Å². The van der Waals surface area contributed by atoms with E-state index in [2.05, 4.69) is 4.98 Å². The van der Waals surface area contributed by atoms with Gasteiger partial charge in [0, 0.05) is 35.4 Å². The first kappa shape index (κ1) is 14.4. The van der Waals surface area contributed by atoms with Crippen molar-refractivity contribution in [1.82, 2.24) is 4.98 Å². The molecule has 0 saturated heterocycles. The molecule has 8 nitrogen and oxygen atoms in total. The summed E-state index contributed by atoms with van der Waals surface area (Å²) in [4.78, 5) is 24.6. The van der Waals surface area contributed by atoms with Crippen LogP contribution in [0.5, 0.6) is 0 Å². The van der Waals surface area contributed by atoms with Gasteiger partial charge in [-0.15, -0.1) is 0 Å². The highest BCUT2D eigenvalue weighted by Gasteiger charge is 2.12. The second kappa shape index (κ2) is 5.68. The molecule has 0 fully saturated rings. The lowest BCUT2D eigenvalue weighted by atomic mass is 10.1. The van der Waals surface area contributed by atoms with Gasteiger partial charge in [-0.2, -0.15) is 0 Å². The zero-order valence-corrected chi connectivity index (χ0v) is 11.6. The molecule has 0 radical (unpaired) electrons. The van der Waals surface area contributed by atoms with Crippen LogP contribution in [-0.2, 0) is 0 Å². The highest BCUT2D eigenvalue weighted by molar-refractivity contribution is 5.64. The molecule has 0 saturated carbocycles. The van der Waals surface area contributed by atoms with Gasteiger partial charge in [0.25, 0.3) is 11.4 Å². The molecule has 8 heteroatoms. The second-order valence-electron chi connectivity index (χ2n) is 4.65. The van der Waals surface area contributed by atoms with Gasteiger partial charge in [-0.3, -0.25) is 20.2 Å². The lowest BCUT2D eigenvalue weighted by Crippen LogP contribution is -1.88. The molecule has 0 unspecified atom stereocenters. The van der Waals surface area contributed by atoms with Crippen LogP contribution >= 0.6 is 0 Å². The highest BCUT2D eigenvalue weighted by atomic mass is 16.6. The maximum absolute atomic E-state index is 10.6. The fraction of sp³-hybridized carbons (Fsp3) is 0. The summed E-state index contributed by atoms with van der Waals surface area (Å²) in [5, 5.41) is 21.3. The van der Waals surface area contributed by atoms with Crippen molar-refractivity contribution in [3.63, 3.8) is 0 Å². The summed E-state index contributed by atoms with van der Waals surface area (Å²) in [7, 11) is 0. The Kier molecular flexibility index (Phi) is 3.55. The maximum Gasteiger partial charge on any atom is 0.269 e. The van der Waals surface area contributed by atoms with Crippen molar-refractivity contribution in [1.29, 1.82) is 0 Å². The van der Waals surface area contributed by atoms with E-state index in [0.717, 1.165) is 0 Å². The number of nitrogens with zero attached hydrogens (tertiary/aromatic N) is 3. The van der Waals surface area contributed by atoms with Gasteiger partial charge in [-0.1, -0.05) is 0 Å². The van der Waals surface area contributed by atoms with Crippen molar-refractivity contribution in [3.8, 4) is 22.7 Å². The van der Waals surface area contributed by atoms with E-state index in [-0.39, 0.29) is 11.4 Å². The Labute approximate surface area is 129 Å². The molecule has 1 heterocycles. The van der Waals surface area contributed by atoms with E-state index in [4.69, 9.17) is 4.42 Å². The molecular formula is C15H9N3O5. The van der Waals surface area contributed by atoms with Crippen LogP contribution in [0.4, 0.5) is 11.4 Å². The molecule has 2 aromatic carbocycles. The van der Waals surface area contributed by atoms with Gasteiger partial charge in [0.2, 0.25) is 5.89 Å². The fourth-order valence-corrected chi connectivity index (χ4v) is 2.02. The number of non-ortho nitro benzene ring substituents is 2. The number of hydrogen-bond donors (Lipinski definition) is 0. The Bertz CT molecular complexity index is 797. The van der Waals surface area contributed by atoms with Gasteiger partial charge in [-0.05, 0) is 24.3 Å². The van der Waals surface area contributed by atoms with E-state index in [0.29, 0.717) is 22.7 Å². The lowest BCUT2D eigenvalue weighted by Gasteiger charge is -1.96. The third-order valence-corrected chi connectivity index (χ3v) is 3.20. The molecule has 0 aliphatic rings. The van der Waals surface area contributed by atoms with Gasteiger partial charge in [0.05, 0.1) is 9.85 Å². The summed E-state index contributed by atoms with van der Waals surface area (Å²) in [5.41, 5.74) is 1.77. The highest BCUT2D eigenvalue weighted by Crippen LogP contribution is 2.27. The average Bonchev–Trinajstić information content (AvgIpc) is 3.05. The fourth-order valence-electron chi connectivity index (χ4n) is 2.02. The molecule has 0 bridgehead atoms. The number of aromatic nitrogens is 1. The van der Waals surface area contributed by atoms with Crippen LogP contribution in [0, 0.1) is 20.2 Å². The van der Waals surface area contributed by atoms with Gasteiger partial charge in [0.1, 0.15) is 12.0 Å². The predicted octanol–water partition coefficient (Wildman–Crippen LogP) is 3.83. The quantitative estimate of drug-likeness (QED) is 0.534. The molecule has 3 aromatic rings. The normalized spacial score (nSPS) is 10.4. The van der Waals surface area contributed by atoms with Crippen molar-refractivity contribution in [3.05, 3.63) is 75.0 Å². The van der Waals surface area contributed by atoms with Crippen LogP contribution in [0.3, 0.4) is 0 Å². The van der Waals surface area contributed by atoms with Crippen LogP contribution in [0.2, 0.25) is 0 Å². The average molecular weight is 311 g/mol. The largest absolute Gasteiger partial charge is 0.444 e. The molecule has 0 spiro atoms. The SMILES string of the molecule is O=[N+]([O-])c1ccc(-c2coc(-c3ccc([N+](=O)[O-])cc3)n2)cc1. The number of rotatable bonds is 4. The third-order valence-electron chi connectivity index (χ3n) is 3.20. The van der Waals surface area contributed by atoms with E-state index in [1.165, 1.54) is 30.5 Å². The minimum absolute atomic E-state index is 0.00663. The van der Waals surface area contributed by atoms with Crippen molar-refractivity contribution in [2.75, 3.05) is 0 Å². The van der Waals surface area contributed by atoms with Gasteiger partial charge >= 0.3 is 0 Å². The zero-order chi connectivity index (χ0) is 16.4. The first-order valence-electron chi connectivity index (χ1n) is 6.50. The van der Waals surface area contributed by atoms with Crippen LogP contribution in [0.1, 0.15) is 0 Å². The Hall–Kier alpha value is -3.55. The Morgan fingerprint density at radius 3 is 1.74 bits per heavy atom. The van der Waals surface area contributed by atoms with E-state index < -0.39 is 9.85 Å². The molecule has 0 aliphatic carbocycles. The van der Waals surface area contributed by atoms with Gasteiger partial charge in [-0.25, -0.2) is 4.98 Å². The molecule has 1 aromatic heterocycles. The first-order valence-corrected chi connectivity index (χ1v) is 6.50. The molecule has 0 amide bonds. The third kappa shape index (κ3) is 2.91. The first-order chi connectivity index (χ1) is 11.0. The summed E-state index contributed by atoms with van der Waals surface area (Å²) in [6, 6.07) is 11.7. The predicted molar refractivity (Wildman–Crippen MR) is 80.7 cm³/mol. The molecule has 0 aliphatic heterocycles. The van der Waals surface area contributed by atoms with Crippen molar-refractivity contribution in [2.24, 2.45) is 0 Å². The summed E-state index contributed by atoms with van der Waals surface area (Å²) in [5.74, 6) is 0.313. The van der Waals surface area contributed by atoms with Crippen LogP contribution in [0.15, 0.2) is 59.2 Å². The smallest absolute Gasteiger partial charge is 0.269 e. The van der Waals surface area contributed by atoms with Crippen LogP contribution < -0.4 is 0 Å². The number of hydrogen-bond acceptors (Lipinski definition) is 6. The van der Waals surface area contributed by atoms with E-state index in [1.807, 2.05) is 0 Å². The summed E-state index contributed by atoms with van der Waals surface area (Å²) in [6.07, 6.45) is 1.43. The van der Waals surface area contributed by atoms with Crippen molar-refractivity contribution >= 4 is 11.4 Å².